The molecule has 96 valence electrons. The summed E-state index contributed by atoms with van der Waals surface area (Å²) >= 11 is 0. The standard InChI is InChI=1S/C14H20BNO2/c1-13(2)14(3,4)18-15(17-13)11-6-5-9-16-12(11)10-7-8-10/h5-6,9-10H,7-8H2,1-4H3. The summed E-state index contributed by atoms with van der Waals surface area (Å²) in [5.74, 6) is 0.611. The Kier molecular flexibility index (Phi) is 2.58. The monoisotopic (exact) mass is 245 g/mol. The van der Waals surface area contributed by atoms with Crippen LogP contribution in [0.15, 0.2) is 18.3 Å². The van der Waals surface area contributed by atoms with Gasteiger partial charge in [0, 0.05) is 23.3 Å². The molecule has 0 bridgehead atoms. The lowest BCUT2D eigenvalue weighted by Gasteiger charge is -2.32. The van der Waals surface area contributed by atoms with Crippen molar-refractivity contribution in [3.63, 3.8) is 0 Å². The van der Waals surface area contributed by atoms with Gasteiger partial charge in [0.2, 0.25) is 0 Å². The Morgan fingerprint density at radius 3 is 2.33 bits per heavy atom. The molecule has 0 aromatic carbocycles. The summed E-state index contributed by atoms with van der Waals surface area (Å²) in [5, 5.41) is 0. The van der Waals surface area contributed by atoms with Gasteiger partial charge in [-0.25, -0.2) is 0 Å². The van der Waals surface area contributed by atoms with E-state index in [9.17, 15) is 0 Å². The van der Waals surface area contributed by atoms with Gasteiger partial charge in [0.15, 0.2) is 0 Å². The van der Waals surface area contributed by atoms with Gasteiger partial charge in [-0.2, -0.15) is 0 Å². The van der Waals surface area contributed by atoms with E-state index in [4.69, 9.17) is 9.31 Å². The Hall–Kier alpha value is -0.865. The van der Waals surface area contributed by atoms with Gasteiger partial charge in [-0.3, -0.25) is 4.98 Å². The Morgan fingerprint density at radius 2 is 1.78 bits per heavy atom. The zero-order valence-corrected chi connectivity index (χ0v) is 11.6. The first-order valence-corrected chi connectivity index (χ1v) is 6.71. The van der Waals surface area contributed by atoms with Gasteiger partial charge in [-0.15, -0.1) is 0 Å². The van der Waals surface area contributed by atoms with Crippen LogP contribution in [0.2, 0.25) is 0 Å². The average Bonchev–Trinajstić information content (AvgIpc) is 3.08. The molecule has 1 saturated carbocycles. The fourth-order valence-electron chi connectivity index (χ4n) is 2.30. The lowest BCUT2D eigenvalue weighted by atomic mass is 9.77. The van der Waals surface area contributed by atoms with E-state index in [0.717, 1.165) is 11.2 Å². The molecular formula is C14H20BNO2. The number of pyridine rings is 1. The first-order chi connectivity index (χ1) is 8.41. The highest BCUT2D eigenvalue weighted by Gasteiger charge is 2.52. The molecule has 0 radical (unpaired) electrons. The van der Waals surface area contributed by atoms with Crippen molar-refractivity contribution in [1.82, 2.24) is 4.98 Å². The van der Waals surface area contributed by atoms with Crippen LogP contribution in [0.4, 0.5) is 0 Å². The lowest BCUT2D eigenvalue weighted by molar-refractivity contribution is 0.00578. The highest BCUT2D eigenvalue weighted by atomic mass is 16.7. The molecule has 1 aliphatic carbocycles. The first-order valence-electron chi connectivity index (χ1n) is 6.71. The molecule has 0 spiro atoms. The molecule has 0 N–H and O–H groups in total. The number of hydrogen-bond acceptors (Lipinski definition) is 3. The number of nitrogens with zero attached hydrogens (tertiary/aromatic N) is 1. The molecule has 1 aromatic rings. The van der Waals surface area contributed by atoms with Crippen LogP contribution >= 0.6 is 0 Å². The van der Waals surface area contributed by atoms with E-state index < -0.39 is 0 Å². The molecule has 4 heteroatoms. The Bertz CT molecular complexity index is 453. The van der Waals surface area contributed by atoms with Crippen LogP contribution in [-0.4, -0.2) is 23.3 Å². The van der Waals surface area contributed by atoms with Gasteiger partial charge in [-0.05, 0) is 46.6 Å². The third-order valence-corrected chi connectivity index (χ3v) is 4.34. The second-order valence-electron chi connectivity index (χ2n) is 6.34. The molecule has 3 nitrogen and oxygen atoms in total. The van der Waals surface area contributed by atoms with Crippen LogP contribution in [0.25, 0.3) is 0 Å². The van der Waals surface area contributed by atoms with Gasteiger partial charge in [0.1, 0.15) is 0 Å². The van der Waals surface area contributed by atoms with E-state index in [-0.39, 0.29) is 18.3 Å². The third-order valence-electron chi connectivity index (χ3n) is 4.34. The minimum Gasteiger partial charge on any atom is -0.399 e. The largest absolute Gasteiger partial charge is 0.496 e. The molecule has 1 aliphatic heterocycles. The third kappa shape index (κ3) is 1.88. The van der Waals surface area contributed by atoms with Crippen molar-refractivity contribution in [2.75, 3.05) is 0 Å². The number of rotatable bonds is 2. The molecule has 0 unspecified atom stereocenters. The Labute approximate surface area is 109 Å². The van der Waals surface area contributed by atoms with Crippen molar-refractivity contribution < 1.29 is 9.31 Å². The molecule has 0 atom stereocenters. The van der Waals surface area contributed by atoms with Crippen LogP contribution < -0.4 is 5.46 Å². The highest BCUT2D eigenvalue weighted by Crippen LogP contribution is 2.40. The van der Waals surface area contributed by atoms with Gasteiger partial charge in [0.05, 0.1) is 11.2 Å². The van der Waals surface area contributed by atoms with Crippen molar-refractivity contribution in [2.45, 2.75) is 57.7 Å². The minimum atomic E-state index is -0.283. The molecule has 2 fully saturated rings. The van der Waals surface area contributed by atoms with Crippen LogP contribution in [0.3, 0.4) is 0 Å². The fourth-order valence-corrected chi connectivity index (χ4v) is 2.30. The normalized spacial score (nSPS) is 25.4. The average molecular weight is 245 g/mol. The maximum atomic E-state index is 6.11. The van der Waals surface area contributed by atoms with Crippen LogP contribution in [0.5, 0.6) is 0 Å². The maximum Gasteiger partial charge on any atom is 0.496 e. The predicted octanol–water partition coefficient (Wildman–Crippen LogP) is 2.26. The van der Waals surface area contributed by atoms with Crippen molar-refractivity contribution in [3.05, 3.63) is 24.0 Å². The summed E-state index contributed by atoms with van der Waals surface area (Å²) in [6.07, 6.45) is 4.34. The van der Waals surface area contributed by atoms with E-state index in [1.165, 1.54) is 12.8 Å². The van der Waals surface area contributed by atoms with E-state index in [1.54, 1.807) is 0 Å². The summed E-state index contributed by atoms with van der Waals surface area (Å²) in [4.78, 5) is 4.52. The van der Waals surface area contributed by atoms with Gasteiger partial charge in [0.25, 0.3) is 0 Å². The molecule has 2 aliphatic rings. The van der Waals surface area contributed by atoms with Gasteiger partial charge in [-0.1, -0.05) is 6.07 Å². The topological polar surface area (TPSA) is 31.4 Å². The highest BCUT2D eigenvalue weighted by molar-refractivity contribution is 6.62. The maximum absolute atomic E-state index is 6.11. The summed E-state index contributed by atoms with van der Waals surface area (Å²) in [7, 11) is -0.278. The Morgan fingerprint density at radius 1 is 1.17 bits per heavy atom. The van der Waals surface area contributed by atoms with Gasteiger partial charge < -0.3 is 9.31 Å². The SMILES string of the molecule is CC1(C)OB(c2cccnc2C2CC2)OC1(C)C. The Balaban J connectivity index is 1.93. The lowest BCUT2D eigenvalue weighted by Crippen LogP contribution is -2.41. The zero-order valence-electron chi connectivity index (χ0n) is 11.6. The predicted molar refractivity (Wildman–Crippen MR) is 71.9 cm³/mol. The summed E-state index contributed by atoms with van der Waals surface area (Å²) in [6.45, 7) is 8.33. The van der Waals surface area contributed by atoms with E-state index in [1.807, 2.05) is 12.3 Å². The molecule has 2 heterocycles. The summed E-state index contributed by atoms with van der Waals surface area (Å²) < 4.78 is 12.2. The smallest absolute Gasteiger partial charge is 0.399 e. The second-order valence-corrected chi connectivity index (χ2v) is 6.34. The quantitative estimate of drug-likeness (QED) is 0.749. The van der Waals surface area contributed by atoms with Crippen LogP contribution in [0, 0.1) is 0 Å². The van der Waals surface area contributed by atoms with E-state index in [0.29, 0.717) is 5.92 Å². The van der Waals surface area contributed by atoms with Gasteiger partial charge >= 0.3 is 7.12 Å². The minimum absolute atomic E-state index is 0.278. The van der Waals surface area contributed by atoms with Crippen molar-refractivity contribution in [1.29, 1.82) is 0 Å². The number of hydrogen-bond donors (Lipinski definition) is 0. The van der Waals surface area contributed by atoms with E-state index >= 15 is 0 Å². The number of aromatic nitrogens is 1. The molecule has 3 rings (SSSR count). The molecule has 1 aromatic heterocycles. The summed E-state index contributed by atoms with van der Waals surface area (Å²) in [5.41, 5.74) is 1.71. The van der Waals surface area contributed by atoms with Crippen LogP contribution in [-0.2, 0) is 9.31 Å². The molecule has 18 heavy (non-hydrogen) atoms. The summed E-state index contributed by atoms with van der Waals surface area (Å²) in [6, 6.07) is 4.05. The molecular weight excluding hydrogens is 225 g/mol. The first kappa shape index (κ1) is 12.2. The second kappa shape index (κ2) is 3.81. The zero-order chi connectivity index (χ0) is 13.0. The van der Waals surface area contributed by atoms with E-state index in [2.05, 4.69) is 38.7 Å². The molecule has 1 saturated heterocycles. The van der Waals surface area contributed by atoms with Crippen LogP contribution in [0.1, 0.15) is 52.1 Å². The fraction of sp³-hybridized carbons (Fsp3) is 0.643. The molecule has 0 amide bonds. The van der Waals surface area contributed by atoms with Crippen molar-refractivity contribution in [2.24, 2.45) is 0 Å². The van der Waals surface area contributed by atoms with Crippen molar-refractivity contribution in [3.8, 4) is 0 Å². The van der Waals surface area contributed by atoms with Crippen molar-refractivity contribution >= 4 is 12.6 Å².